The molecule has 58 heavy (non-hydrogen) atoms. The molecule has 4 nitrogen and oxygen atoms in total. The van der Waals surface area contributed by atoms with Crippen LogP contribution in [0.1, 0.15) is 29.4 Å². The molecular formula is C54H36N4. The molecule has 12 rings (SSSR count). The average Bonchev–Trinajstić information content (AvgIpc) is 4.00. The Kier molecular flexibility index (Phi) is 6.88. The minimum Gasteiger partial charge on any atom is -0.295 e. The van der Waals surface area contributed by atoms with Crippen molar-refractivity contribution in [3.05, 3.63) is 223 Å². The maximum absolute atomic E-state index is 5.65. The van der Waals surface area contributed by atoms with Crippen LogP contribution in [0.15, 0.2) is 200 Å². The third kappa shape index (κ3) is 4.29. The number of benzene rings is 8. The molecule has 0 saturated heterocycles. The van der Waals surface area contributed by atoms with Crippen LogP contribution < -0.4 is 0 Å². The Morgan fingerprint density at radius 2 is 1.29 bits per heavy atom. The molecule has 272 valence electrons. The second kappa shape index (κ2) is 12.2. The van der Waals surface area contributed by atoms with E-state index in [1.54, 1.807) is 0 Å². The van der Waals surface area contributed by atoms with Crippen LogP contribution in [0.5, 0.6) is 0 Å². The first-order valence-electron chi connectivity index (χ1n) is 19.9. The summed E-state index contributed by atoms with van der Waals surface area (Å²) in [5, 5.41) is 4.76. The lowest BCUT2D eigenvalue weighted by Crippen LogP contribution is -2.28. The maximum atomic E-state index is 5.65. The summed E-state index contributed by atoms with van der Waals surface area (Å²) in [7, 11) is 0. The maximum Gasteiger partial charge on any atom is 0.145 e. The highest BCUT2D eigenvalue weighted by Crippen LogP contribution is 2.60. The molecule has 1 unspecified atom stereocenters. The molecule has 0 bridgehead atoms. The Morgan fingerprint density at radius 1 is 0.569 bits per heavy atom. The van der Waals surface area contributed by atoms with Gasteiger partial charge in [-0.3, -0.25) is 9.13 Å². The van der Waals surface area contributed by atoms with Crippen molar-refractivity contribution in [2.24, 2.45) is 0 Å². The van der Waals surface area contributed by atoms with E-state index in [1.807, 2.05) is 6.08 Å². The molecule has 0 radical (unpaired) electrons. The van der Waals surface area contributed by atoms with Gasteiger partial charge < -0.3 is 0 Å². The molecule has 2 aromatic heterocycles. The minimum atomic E-state index is -0.568. The first kappa shape index (κ1) is 32.7. The molecule has 0 amide bonds. The van der Waals surface area contributed by atoms with Crippen LogP contribution in [-0.2, 0) is 5.41 Å². The van der Waals surface area contributed by atoms with Gasteiger partial charge in [0.05, 0.1) is 27.8 Å². The predicted molar refractivity (Wildman–Crippen MR) is 240 cm³/mol. The number of hydrogen-bond donors (Lipinski definition) is 0. The Balaban J connectivity index is 1.09. The molecule has 3 heterocycles. The summed E-state index contributed by atoms with van der Waals surface area (Å²) >= 11 is 0. The third-order valence-electron chi connectivity index (χ3n) is 12.4. The summed E-state index contributed by atoms with van der Waals surface area (Å²) < 4.78 is 4.67. The highest BCUT2D eigenvalue weighted by molar-refractivity contribution is 6.14. The van der Waals surface area contributed by atoms with Crippen LogP contribution in [0.4, 0.5) is 0 Å². The molecule has 1 spiro atoms. The lowest BCUT2D eigenvalue weighted by Gasteiger charge is -2.28. The SMILES string of the molecule is C=CC1=C(/C=C\C)C2(c3ccccc31)c1ccccc1-n1c2nc2cc(-c3c4ccccc4cc4cc(-c5nc6ccccc6n5-c5ccccc5)ccc34)ccc21. The van der Waals surface area contributed by atoms with E-state index in [-0.39, 0.29) is 0 Å². The standard InChI is InChI=1S/C54H36N4/c1-3-16-43-39(4-2)42-21-10-11-22-44(42)54(43)45-23-12-14-25-48(45)58-50-30-28-35(33-47(50)56-53(54)58)51-40-20-9-8-17-34(40)31-37-32-36(27-29-41(37)51)52-55-46-24-13-15-26-49(46)57(52)38-18-6-5-7-19-38/h3-33H,2H2,1H3/b16-3-. The molecule has 4 heteroatoms. The van der Waals surface area contributed by atoms with Gasteiger partial charge in [-0.25, -0.2) is 9.97 Å². The summed E-state index contributed by atoms with van der Waals surface area (Å²) in [6.07, 6.45) is 6.43. The van der Waals surface area contributed by atoms with Crippen molar-refractivity contribution >= 4 is 49.2 Å². The van der Waals surface area contributed by atoms with Crippen LogP contribution in [-0.4, -0.2) is 19.1 Å². The lowest BCUT2D eigenvalue weighted by atomic mass is 9.72. The van der Waals surface area contributed by atoms with Crippen molar-refractivity contribution in [2.75, 3.05) is 0 Å². The van der Waals surface area contributed by atoms with Crippen molar-refractivity contribution in [1.82, 2.24) is 19.1 Å². The molecule has 0 N–H and O–H groups in total. The first-order valence-corrected chi connectivity index (χ1v) is 19.9. The van der Waals surface area contributed by atoms with E-state index in [9.17, 15) is 0 Å². The topological polar surface area (TPSA) is 35.6 Å². The minimum absolute atomic E-state index is 0.568. The van der Waals surface area contributed by atoms with E-state index in [0.29, 0.717) is 0 Å². The monoisotopic (exact) mass is 740 g/mol. The number of aromatic nitrogens is 4. The number of imidazole rings is 2. The second-order valence-corrected chi connectivity index (χ2v) is 15.3. The Bertz CT molecular complexity index is 3430. The average molecular weight is 741 g/mol. The van der Waals surface area contributed by atoms with Gasteiger partial charge >= 0.3 is 0 Å². The molecule has 8 aromatic carbocycles. The summed E-state index contributed by atoms with van der Waals surface area (Å²) in [4.78, 5) is 10.8. The van der Waals surface area contributed by atoms with Crippen LogP contribution in [0.2, 0.25) is 0 Å². The Labute approximate surface area is 336 Å². The van der Waals surface area contributed by atoms with Gasteiger partial charge in [0.1, 0.15) is 17.1 Å². The van der Waals surface area contributed by atoms with Crippen LogP contribution in [0.3, 0.4) is 0 Å². The number of para-hydroxylation sites is 4. The van der Waals surface area contributed by atoms with Crippen LogP contribution >= 0.6 is 0 Å². The lowest BCUT2D eigenvalue weighted by molar-refractivity contribution is 0.731. The van der Waals surface area contributed by atoms with E-state index >= 15 is 0 Å². The number of rotatable bonds is 5. The van der Waals surface area contributed by atoms with Gasteiger partial charge in [0, 0.05) is 11.3 Å². The smallest absolute Gasteiger partial charge is 0.145 e. The first-order chi connectivity index (χ1) is 28.7. The van der Waals surface area contributed by atoms with Crippen molar-refractivity contribution in [2.45, 2.75) is 12.3 Å². The summed E-state index contributed by atoms with van der Waals surface area (Å²) in [5.74, 6) is 1.94. The second-order valence-electron chi connectivity index (χ2n) is 15.3. The molecule has 10 aromatic rings. The summed E-state index contributed by atoms with van der Waals surface area (Å²) in [6.45, 7) is 6.40. The molecular weight excluding hydrogens is 705 g/mol. The summed E-state index contributed by atoms with van der Waals surface area (Å²) in [5.41, 5.74) is 15.3. The Morgan fingerprint density at radius 3 is 2.17 bits per heavy atom. The van der Waals surface area contributed by atoms with E-state index in [4.69, 9.17) is 9.97 Å². The largest absolute Gasteiger partial charge is 0.295 e. The molecule has 1 aliphatic carbocycles. The summed E-state index contributed by atoms with van der Waals surface area (Å²) in [6, 6.07) is 61.2. The van der Waals surface area contributed by atoms with E-state index in [2.05, 4.69) is 205 Å². The fourth-order valence-electron chi connectivity index (χ4n) is 10.1. The van der Waals surface area contributed by atoms with Gasteiger partial charge in [0.15, 0.2) is 0 Å². The van der Waals surface area contributed by atoms with Gasteiger partial charge in [-0.2, -0.15) is 0 Å². The Hall–Kier alpha value is -7.56. The third-order valence-corrected chi connectivity index (χ3v) is 12.4. The molecule has 0 fully saturated rings. The quantitative estimate of drug-likeness (QED) is 0.165. The fourth-order valence-corrected chi connectivity index (χ4v) is 10.1. The van der Waals surface area contributed by atoms with Gasteiger partial charge in [0.2, 0.25) is 0 Å². The van der Waals surface area contributed by atoms with Crippen LogP contribution in [0.25, 0.3) is 83.1 Å². The number of fused-ring (bicyclic) bond motifs is 12. The number of hydrogen-bond acceptors (Lipinski definition) is 2. The number of allylic oxidation sites excluding steroid dienone is 5. The van der Waals surface area contributed by atoms with Crippen molar-refractivity contribution in [3.8, 4) is 33.9 Å². The van der Waals surface area contributed by atoms with Gasteiger partial charge in [0.25, 0.3) is 0 Å². The van der Waals surface area contributed by atoms with Gasteiger partial charge in [-0.15, -0.1) is 0 Å². The predicted octanol–water partition coefficient (Wildman–Crippen LogP) is 13.2. The zero-order chi connectivity index (χ0) is 38.5. The highest BCUT2D eigenvalue weighted by atomic mass is 15.1. The van der Waals surface area contributed by atoms with Gasteiger partial charge in [-0.05, 0) is 122 Å². The molecule has 2 aliphatic rings. The molecule has 1 aliphatic heterocycles. The van der Waals surface area contributed by atoms with Crippen molar-refractivity contribution < 1.29 is 0 Å². The van der Waals surface area contributed by atoms with E-state index in [0.717, 1.165) is 56.1 Å². The highest BCUT2D eigenvalue weighted by Gasteiger charge is 2.54. The molecule has 1 atom stereocenters. The van der Waals surface area contributed by atoms with E-state index < -0.39 is 5.41 Å². The van der Waals surface area contributed by atoms with E-state index in [1.165, 1.54) is 55.1 Å². The zero-order valence-corrected chi connectivity index (χ0v) is 31.9. The zero-order valence-electron chi connectivity index (χ0n) is 31.9. The van der Waals surface area contributed by atoms with Crippen molar-refractivity contribution in [1.29, 1.82) is 0 Å². The van der Waals surface area contributed by atoms with Gasteiger partial charge in [-0.1, -0.05) is 140 Å². The normalized spacial score (nSPS) is 15.7. The number of nitrogens with zero attached hydrogens (tertiary/aromatic N) is 4. The molecule has 0 saturated carbocycles. The van der Waals surface area contributed by atoms with Crippen LogP contribution in [0, 0.1) is 0 Å². The fraction of sp³-hybridized carbons (Fsp3) is 0.0370. The van der Waals surface area contributed by atoms with Crippen molar-refractivity contribution in [3.63, 3.8) is 0 Å².